The molecule has 0 bridgehead atoms. The average Bonchev–Trinajstić information content (AvgIpc) is 2.95. The van der Waals surface area contributed by atoms with Gasteiger partial charge in [0.1, 0.15) is 6.61 Å². The largest absolute Gasteiger partial charge is 0.493 e. The lowest BCUT2D eigenvalue weighted by molar-refractivity contribution is -0.127. The molecular formula is C20H19N3O4. The molecule has 0 saturated heterocycles. The van der Waals surface area contributed by atoms with Gasteiger partial charge in [0.2, 0.25) is 12.0 Å². The van der Waals surface area contributed by atoms with Crippen LogP contribution in [-0.2, 0) is 11.3 Å². The van der Waals surface area contributed by atoms with E-state index >= 15 is 0 Å². The Morgan fingerprint density at radius 2 is 2.04 bits per heavy atom. The van der Waals surface area contributed by atoms with Crippen LogP contribution in [0.25, 0.3) is 10.9 Å². The van der Waals surface area contributed by atoms with Gasteiger partial charge in [-0.25, -0.2) is 0 Å². The molecule has 138 valence electrons. The van der Waals surface area contributed by atoms with Crippen LogP contribution in [0.15, 0.2) is 52.7 Å². The first kappa shape index (κ1) is 17.1. The summed E-state index contributed by atoms with van der Waals surface area (Å²) in [5.74, 6) is 0.519. The first-order valence-corrected chi connectivity index (χ1v) is 8.74. The van der Waals surface area contributed by atoms with Gasteiger partial charge in [0.25, 0.3) is 0 Å². The van der Waals surface area contributed by atoms with Crippen LogP contribution in [0.2, 0.25) is 0 Å². The normalized spacial score (nSPS) is 16.1. The van der Waals surface area contributed by atoms with Crippen molar-refractivity contribution in [2.75, 3.05) is 6.61 Å². The van der Waals surface area contributed by atoms with Gasteiger partial charge in [-0.2, -0.15) is 0 Å². The van der Waals surface area contributed by atoms with Gasteiger partial charge in [0.05, 0.1) is 5.52 Å². The molecule has 1 N–H and O–H groups in total. The molecule has 1 aliphatic rings. The van der Waals surface area contributed by atoms with Crippen molar-refractivity contribution in [1.29, 1.82) is 0 Å². The lowest BCUT2D eigenvalue weighted by Crippen LogP contribution is -2.35. The number of aryl methyl sites for hydroxylation is 2. The number of carbonyl (C=O) groups is 1. The predicted molar refractivity (Wildman–Crippen MR) is 99.9 cm³/mol. The Bertz CT molecular complexity index is 1050. The Kier molecular flexibility index (Phi) is 4.27. The summed E-state index contributed by atoms with van der Waals surface area (Å²) in [5, 5.41) is 19.1. The SMILES string of the molecule is CCn1c(O)c(N=NC(=O)[C@@H]2COc3ccccc3O2)c2cc(C)ccc21. The number of fused-ring (bicyclic) bond motifs is 2. The molecule has 1 aromatic heterocycles. The van der Waals surface area contributed by atoms with E-state index in [-0.39, 0.29) is 18.2 Å². The number of aromatic nitrogens is 1. The Labute approximate surface area is 155 Å². The van der Waals surface area contributed by atoms with E-state index in [0.29, 0.717) is 18.0 Å². The molecule has 7 nitrogen and oxygen atoms in total. The van der Waals surface area contributed by atoms with Gasteiger partial charge in [0.15, 0.2) is 17.2 Å². The van der Waals surface area contributed by atoms with E-state index in [0.717, 1.165) is 16.5 Å². The number of benzene rings is 2. The second-order valence-corrected chi connectivity index (χ2v) is 6.34. The average molecular weight is 365 g/mol. The number of hydrogen-bond acceptors (Lipinski definition) is 5. The zero-order chi connectivity index (χ0) is 19.0. The third kappa shape index (κ3) is 3.01. The van der Waals surface area contributed by atoms with E-state index in [4.69, 9.17) is 9.47 Å². The molecule has 0 spiro atoms. The van der Waals surface area contributed by atoms with Crippen LogP contribution < -0.4 is 9.47 Å². The minimum absolute atomic E-state index is 0.0131. The molecule has 2 heterocycles. The number of hydrogen-bond donors (Lipinski definition) is 1. The molecule has 4 rings (SSSR count). The van der Waals surface area contributed by atoms with Crippen molar-refractivity contribution >= 4 is 22.5 Å². The third-order valence-corrected chi connectivity index (χ3v) is 4.51. The van der Waals surface area contributed by atoms with Gasteiger partial charge in [-0.3, -0.25) is 4.79 Å². The van der Waals surface area contributed by atoms with Gasteiger partial charge < -0.3 is 19.1 Å². The third-order valence-electron chi connectivity index (χ3n) is 4.51. The maximum absolute atomic E-state index is 12.4. The number of azo groups is 1. The number of nitrogens with zero attached hydrogens (tertiary/aromatic N) is 3. The van der Waals surface area contributed by atoms with Crippen molar-refractivity contribution in [2.45, 2.75) is 26.5 Å². The quantitative estimate of drug-likeness (QED) is 0.707. The van der Waals surface area contributed by atoms with E-state index in [9.17, 15) is 9.90 Å². The summed E-state index contributed by atoms with van der Waals surface area (Å²) < 4.78 is 12.9. The zero-order valence-electron chi connectivity index (χ0n) is 15.0. The van der Waals surface area contributed by atoms with Crippen LogP contribution in [0.3, 0.4) is 0 Å². The van der Waals surface area contributed by atoms with Gasteiger partial charge in [-0.15, -0.1) is 10.2 Å². The molecule has 0 aliphatic carbocycles. The standard InChI is InChI=1S/C20H19N3O4/c1-3-23-14-9-8-12(2)10-13(14)18(20(23)25)21-22-19(24)17-11-26-15-6-4-5-7-16(15)27-17/h4-10,17,25H,3,11H2,1-2H3/t17-/m0/s1. The first-order chi connectivity index (χ1) is 13.1. The molecule has 0 unspecified atom stereocenters. The molecule has 0 radical (unpaired) electrons. The first-order valence-electron chi connectivity index (χ1n) is 8.74. The fourth-order valence-electron chi connectivity index (χ4n) is 3.16. The monoisotopic (exact) mass is 365 g/mol. The number of ether oxygens (including phenoxy) is 2. The number of carbonyl (C=O) groups excluding carboxylic acids is 1. The van der Waals surface area contributed by atoms with Crippen LogP contribution in [0, 0.1) is 6.92 Å². The van der Waals surface area contributed by atoms with Gasteiger partial charge in [0, 0.05) is 11.9 Å². The van der Waals surface area contributed by atoms with Crippen LogP contribution in [0.4, 0.5) is 5.69 Å². The Morgan fingerprint density at radius 1 is 1.26 bits per heavy atom. The van der Waals surface area contributed by atoms with Crippen molar-refractivity contribution in [1.82, 2.24) is 4.57 Å². The van der Waals surface area contributed by atoms with Crippen LogP contribution in [0.1, 0.15) is 12.5 Å². The van der Waals surface area contributed by atoms with Crippen molar-refractivity contribution in [3.63, 3.8) is 0 Å². The molecule has 7 heteroatoms. The van der Waals surface area contributed by atoms with Crippen molar-refractivity contribution in [3.8, 4) is 17.4 Å². The summed E-state index contributed by atoms with van der Waals surface area (Å²) >= 11 is 0. The summed E-state index contributed by atoms with van der Waals surface area (Å²) in [4.78, 5) is 12.4. The smallest absolute Gasteiger partial charge is 0.308 e. The Balaban J connectivity index is 1.63. The second-order valence-electron chi connectivity index (χ2n) is 6.34. The maximum Gasteiger partial charge on any atom is 0.308 e. The fourth-order valence-corrected chi connectivity index (χ4v) is 3.16. The van der Waals surface area contributed by atoms with Gasteiger partial charge in [-0.05, 0) is 38.1 Å². The van der Waals surface area contributed by atoms with Crippen LogP contribution >= 0.6 is 0 Å². The maximum atomic E-state index is 12.4. The minimum Gasteiger partial charge on any atom is -0.493 e. The molecule has 0 fully saturated rings. The number of para-hydroxylation sites is 2. The highest BCUT2D eigenvalue weighted by Gasteiger charge is 2.27. The van der Waals surface area contributed by atoms with E-state index in [2.05, 4.69) is 10.2 Å². The summed E-state index contributed by atoms with van der Waals surface area (Å²) in [6, 6.07) is 12.9. The molecule has 2 aromatic carbocycles. The highest BCUT2D eigenvalue weighted by Crippen LogP contribution is 2.39. The highest BCUT2D eigenvalue weighted by molar-refractivity contribution is 5.96. The minimum atomic E-state index is -0.868. The number of rotatable bonds is 3. The summed E-state index contributed by atoms with van der Waals surface area (Å²) in [7, 11) is 0. The molecular weight excluding hydrogens is 346 g/mol. The van der Waals surface area contributed by atoms with Crippen molar-refractivity contribution in [2.24, 2.45) is 10.2 Å². The molecule has 0 saturated carbocycles. The van der Waals surface area contributed by atoms with E-state index in [1.165, 1.54) is 0 Å². The lowest BCUT2D eigenvalue weighted by Gasteiger charge is -2.23. The molecule has 1 amide bonds. The van der Waals surface area contributed by atoms with E-state index < -0.39 is 12.0 Å². The molecule has 1 atom stereocenters. The zero-order valence-corrected chi connectivity index (χ0v) is 15.0. The molecule has 27 heavy (non-hydrogen) atoms. The van der Waals surface area contributed by atoms with E-state index in [1.807, 2.05) is 38.1 Å². The summed E-state index contributed by atoms with van der Waals surface area (Å²) in [6.45, 7) is 4.52. The van der Waals surface area contributed by atoms with Gasteiger partial charge >= 0.3 is 5.91 Å². The topological polar surface area (TPSA) is 85.4 Å². The van der Waals surface area contributed by atoms with Crippen molar-refractivity contribution < 1.29 is 19.4 Å². The van der Waals surface area contributed by atoms with Crippen molar-refractivity contribution in [3.05, 3.63) is 48.0 Å². The lowest BCUT2D eigenvalue weighted by atomic mass is 10.1. The molecule has 1 aliphatic heterocycles. The van der Waals surface area contributed by atoms with Crippen LogP contribution in [-0.4, -0.2) is 28.3 Å². The molecule has 3 aromatic rings. The predicted octanol–water partition coefficient (Wildman–Crippen LogP) is 4.13. The summed E-state index contributed by atoms with van der Waals surface area (Å²) in [5.41, 5.74) is 2.15. The Hall–Kier alpha value is -3.35. The summed E-state index contributed by atoms with van der Waals surface area (Å²) in [6.07, 6.45) is -0.868. The Morgan fingerprint density at radius 3 is 2.81 bits per heavy atom. The van der Waals surface area contributed by atoms with Crippen LogP contribution in [0.5, 0.6) is 17.4 Å². The number of amides is 1. The fraction of sp³-hybridized carbons (Fsp3) is 0.250. The van der Waals surface area contributed by atoms with E-state index in [1.54, 1.807) is 22.8 Å². The highest BCUT2D eigenvalue weighted by atomic mass is 16.6. The number of aromatic hydroxyl groups is 1. The second kappa shape index (κ2) is 6.75. The van der Waals surface area contributed by atoms with Gasteiger partial charge in [-0.1, -0.05) is 23.8 Å².